The fourth-order valence-electron chi connectivity index (χ4n) is 3.63. The Kier molecular flexibility index (Phi) is 6.93. The SMILES string of the molecule is NCC(NC(=O)c1ccc(C2SCCCS2)cc1)C1CCCCC1. The van der Waals surface area contributed by atoms with Gasteiger partial charge < -0.3 is 11.1 Å². The van der Waals surface area contributed by atoms with Gasteiger partial charge in [-0.15, -0.1) is 23.5 Å². The summed E-state index contributed by atoms with van der Waals surface area (Å²) in [6, 6.07) is 8.28. The molecule has 1 aliphatic carbocycles. The van der Waals surface area contributed by atoms with Gasteiger partial charge >= 0.3 is 0 Å². The lowest BCUT2D eigenvalue weighted by molar-refractivity contribution is 0.0915. The van der Waals surface area contributed by atoms with Crippen molar-refractivity contribution < 1.29 is 4.79 Å². The van der Waals surface area contributed by atoms with E-state index in [-0.39, 0.29) is 11.9 Å². The van der Waals surface area contributed by atoms with Gasteiger partial charge in [0.15, 0.2) is 0 Å². The number of hydrogen-bond donors (Lipinski definition) is 2. The van der Waals surface area contributed by atoms with Gasteiger partial charge in [0, 0.05) is 18.2 Å². The molecule has 24 heavy (non-hydrogen) atoms. The van der Waals surface area contributed by atoms with Gasteiger partial charge in [-0.05, 0) is 54.4 Å². The number of hydrogen-bond acceptors (Lipinski definition) is 4. The predicted octanol–water partition coefficient (Wildman–Crippen LogP) is 4.19. The molecule has 3 rings (SSSR count). The first-order chi connectivity index (χ1) is 11.8. The van der Waals surface area contributed by atoms with Gasteiger partial charge in [0.25, 0.3) is 5.91 Å². The number of nitrogens with two attached hydrogens (primary N) is 1. The molecule has 2 aliphatic rings. The number of rotatable bonds is 5. The first-order valence-corrected chi connectivity index (χ1v) is 11.2. The Labute approximate surface area is 153 Å². The van der Waals surface area contributed by atoms with Crippen LogP contribution in [0.3, 0.4) is 0 Å². The van der Waals surface area contributed by atoms with Gasteiger partial charge in [-0.2, -0.15) is 0 Å². The molecule has 5 heteroatoms. The van der Waals surface area contributed by atoms with Crippen LogP contribution < -0.4 is 11.1 Å². The Morgan fingerprint density at radius 1 is 1.08 bits per heavy atom. The lowest BCUT2D eigenvalue weighted by Gasteiger charge is -2.30. The first-order valence-electron chi connectivity index (χ1n) is 9.12. The van der Waals surface area contributed by atoms with Crippen LogP contribution in [-0.2, 0) is 0 Å². The van der Waals surface area contributed by atoms with Crippen LogP contribution in [0.15, 0.2) is 24.3 Å². The van der Waals surface area contributed by atoms with Crippen molar-refractivity contribution in [3.63, 3.8) is 0 Å². The van der Waals surface area contributed by atoms with E-state index in [2.05, 4.69) is 17.4 Å². The van der Waals surface area contributed by atoms with Crippen LogP contribution in [0.2, 0.25) is 0 Å². The number of thioether (sulfide) groups is 2. The third-order valence-electron chi connectivity index (χ3n) is 5.06. The van der Waals surface area contributed by atoms with E-state index < -0.39 is 0 Å². The molecule has 132 valence electrons. The van der Waals surface area contributed by atoms with Gasteiger partial charge in [0.1, 0.15) is 0 Å². The predicted molar refractivity (Wildman–Crippen MR) is 106 cm³/mol. The Morgan fingerprint density at radius 2 is 1.75 bits per heavy atom. The third kappa shape index (κ3) is 4.70. The second kappa shape index (κ2) is 9.16. The molecule has 2 fully saturated rings. The highest BCUT2D eigenvalue weighted by Crippen LogP contribution is 2.43. The van der Waals surface area contributed by atoms with Crippen LogP contribution in [0.1, 0.15) is 59.0 Å². The van der Waals surface area contributed by atoms with Crippen molar-refractivity contribution in [3.8, 4) is 0 Å². The van der Waals surface area contributed by atoms with Crippen LogP contribution in [0.25, 0.3) is 0 Å². The van der Waals surface area contributed by atoms with E-state index in [1.807, 2.05) is 35.7 Å². The molecule has 3 nitrogen and oxygen atoms in total. The summed E-state index contributed by atoms with van der Waals surface area (Å²) in [7, 11) is 0. The van der Waals surface area contributed by atoms with E-state index in [4.69, 9.17) is 5.73 Å². The molecule has 1 atom stereocenters. The summed E-state index contributed by atoms with van der Waals surface area (Å²) in [5, 5.41) is 3.18. The number of carbonyl (C=O) groups excluding carboxylic acids is 1. The minimum absolute atomic E-state index is 0.0199. The van der Waals surface area contributed by atoms with E-state index in [9.17, 15) is 4.79 Å². The summed E-state index contributed by atoms with van der Waals surface area (Å²) >= 11 is 4.02. The third-order valence-corrected chi connectivity index (χ3v) is 8.08. The van der Waals surface area contributed by atoms with Gasteiger partial charge in [-0.1, -0.05) is 31.4 Å². The minimum atomic E-state index is 0.0199. The second-order valence-corrected chi connectivity index (χ2v) is 9.49. The summed E-state index contributed by atoms with van der Waals surface area (Å²) in [4.78, 5) is 12.6. The Hall–Kier alpha value is -0.650. The van der Waals surface area contributed by atoms with Gasteiger partial charge in [-0.3, -0.25) is 4.79 Å². The monoisotopic (exact) mass is 364 g/mol. The molecule has 1 saturated carbocycles. The summed E-state index contributed by atoms with van der Waals surface area (Å²) in [5.74, 6) is 3.03. The Morgan fingerprint density at radius 3 is 2.38 bits per heavy atom. The van der Waals surface area contributed by atoms with Gasteiger partial charge in [-0.25, -0.2) is 0 Å². The molecule has 1 aliphatic heterocycles. The molecule has 1 amide bonds. The molecule has 3 N–H and O–H groups in total. The van der Waals surface area contributed by atoms with Crippen molar-refractivity contribution in [1.82, 2.24) is 5.32 Å². The van der Waals surface area contributed by atoms with Crippen LogP contribution in [-0.4, -0.2) is 30.0 Å². The number of carbonyl (C=O) groups is 1. The van der Waals surface area contributed by atoms with E-state index >= 15 is 0 Å². The number of benzene rings is 1. The minimum Gasteiger partial charge on any atom is -0.348 e. The summed E-state index contributed by atoms with van der Waals surface area (Å²) in [5.41, 5.74) is 8.00. The van der Waals surface area contributed by atoms with Gasteiger partial charge in [0.05, 0.1) is 4.58 Å². The molecule has 1 saturated heterocycles. The van der Waals surface area contributed by atoms with Crippen molar-refractivity contribution in [2.24, 2.45) is 11.7 Å². The normalized spacial score (nSPS) is 21.4. The summed E-state index contributed by atoms with van der Waals surface area (Å²) in [6.45, 7) is 0.532. The Balaban J connectivity index is 1.59. The molecule has 1 aromatic rings. The standard InChI is InChI=1S/C19H28N2OS2/c20-13-17(14-5-2-1-3-6-14)21-18(22)15-7-9-16(10-8-15)19-23-11-4-12-24-19/h7-10,14,17,19H,1-6,11-13,20H2,(H,21,22). The zero-order chi connectivity index (χ0) is 16.8. The largest absolute Gasteiger partial charge is 0.348 e. The zero-order valence-electron chi connectivity index (χ0n) is 14.2. The van der Waals surface area contributed by atoms with E-state index in [1.165, 1.54) is 55.6 Å². The average molecular weight is 365 g/mol. The van der Waals surface area contributed by atoms with Crippen LogP contribution in [0.5, 0.6) is 0 Å². The van der Waals surface area contributed by atoms with E-state index in [0.717, 1.165) is 5.56 Å². The van der Waals surface area contributed by atoms with Crippen LogP contribution >= 0.6 is 23.5 Å². The zero-order valence-corrected chi connectivity index (χ0v) is 15.8. The lowest BCUT2D eigenvalue weighted by atomic mass is 9.84. The Bertz CT molecular complexity index is 523. The molecular formula is C19H28N2OS2. The topological polar surface area (TPSA) is 55.1 Å². The maximum atomic E-state index is 12.6. The van der Waals surface area contributed by atoms with Gasteiger partial charge in [0.2, 0.25) is 0 Å². The second-order valence-electron chi connectivity index (χ2n) is 6.76. The van der Waals surface area contributed by atoms with E-state index in [0.29, 0.717) is 17.0 Å². The fraction of sp³-hybridized carbons (Fsp3) is 0.632. The molecule has 1 heterocycles. The van der Waals surface area contributed by atoms with Crippen molar-refractivity contribution >= 4 is 29.4 Å². The fourth-order valence-corrected chi connectivity index (χ4v) is 6.52. The van der Waals surface area contributed by atoms with E-state index in [1.54, 1.807) is 0 Å². The first kappa shape index (κ1) is 18.2. The smallest absolute Gasteiger partial charge is 0.251 e. The molecule has 1 aromatic carbocycles. The maximum absolute atomic E-state index is 12.6. The summed E-state index contributed by atoms with van der Waals surface area (Å²) in [6.07, 6.45) is 7.54. The number of amides is 1. The van der Waals surface area contributed by atoms with Crippen molar-refractivity contribution in [3.05, 3.63) is 35.4 Å². The van der Waals surface area contributed by atoms with Crippen molar-refractivity contribution in [2.45, 2.75) is 49.1 Å². The molecular weight excluding hydrogens is 336 g/mol. The summed E-state index contributed by atoms with van der Waals surface area (Å²) < 4.78 is 0.523. The molecule has 0 aromatic heterocycles. The molecule has 0 spiro atoms. The highest BCUT2D eigenvalue weighted by atomic mass is 32.2. The average Bonchev–Trinajstić information content (AvgIpc) is 2.67. The number of nitrogens with one attached hydrogen (secondary N) is 1. The highest BCUT2D eigenvalue weighted by molar-refractivity contribution is 8.16. The maximum Gasteiger partial charge on any atom is 0.251 e. The quantitative estimate of drug-likeness (QED) is 0.822. The van der Waals surface area contributed by atoms with Crippen molar-refractivity contribution in [2.75, 3.05) is 18.1 Å². The molecule has 0 bridgehead atoms. The van der Waals surface area contributed by atoms with Crippen LogP contribution in [0, 0.1) is 5.92 Å². The molecule has 1 unspecified atom stereocenters. The van der Waals surface area contributed by atoms with Crippen LogP contribution in [0.4, 0.5) is 0 Å². The van der Waals surface area contributed by atoms with Crippen molar-refractivity contribution in [1.29, 1.82) is 0 Å². The highest BCUT2D eigenvalue weighted by Gasteiger charge is 2.24. The lowest BCUT2D eigenvalue weighted by Crippen LogP contribution is -2.45. The molecule has 0 radical (unpaired) electrons.